The first kappa shape index (κ1) is 24.8. The summed E-state index contributed by atoms with van der Waals surface area (Å²) in [6.07, 6.45) is 4.56. The van der Waals surface area contributed by atoms with E-state index < -0.39 is 11.2 Å². The first-order chi connectivity index (χ1) is 17.7. The average Bonchev–Trinajstić information content (AvgIpc) is 3.34. The van der Waals surface area contributed by atoms with Crippen molar-refractivity contribution in [3.63, 3.8) is 0 Å². The van der Waals surface area contributed by atoms with Crippen LogP contribution in [0.1, 0.15) is 35.1 Å². The summed E-state index contributed by atoms with van der Waals surface area (Å²) in [5.41, 5.74) is 3.80. The van der Waals surface area contributed by atoms with E-state index in [2.05, 4.69) is 128 Å². The van der Waals surface area contributed by atoms with Crippen molar-refractivity contribution in [2.24, 2.45) is 0 Å². The lowest BCUT2D eigenvalue weighted by Crippen LogP contribution is -2.50. The molecule has 0 saturated carbocycles. The highest BCUT2D eigenvalue weighted by Gasteiger charge is 2.62. The Labute approximate surface area is 218 Å². The maximum Gasteiger partial charge on any atom is 0.165 e. The molecule has 1 aliphatic heterocycles. The summed E-state index contributed by atoms with van der Waals surface area (Å²) in [6, 6.07) is 43.1. The van der Waals surface area contributed by atoms with Crippen molar-refractivity contribution in [3.05, 3.63) is 144 Å². The summed E-state index contributed by atoms with van der Waals surface area (Å²) >= 11 is 0. The van der Waals surface area contributed by atoms with Gasteiger partial charge in [0.05, 0.1) is 6.26 Å². The van der Waals surface area contributed by atoms with Crippen molar-refractivity contribution in [2.75, 3.05) is 20.5 Å². The molecule has 3 heteroatoms. The number of methoxy groups -OCH3 is 2. The van der Waals surface area contributed by atoms with Crippen LogP contribution in [0.2, 0.25) is 0 Å². The Morgan fingerprint density at radius 2 is 0.750 bits per heavy atom. The van der Waals surface area contributed by atoms with Gasteiger partial charge >= 0.3 is 0 Å². The molecule has 184 valence electrons. The predicted molar refractivity (Wildman–Crippen MR) is 151 cm³/mol. The zero-order chi connectivity index (χ0) is 25.0. The van der Waals surface area contributed by atoms with Gasteiger partial charge in [-0.1, -0.05) is 121 Å². The van der Waals surface area contributed by atoms with Crippen LogP contribution in [0.25, 0.3) is 0 Å². The predicted octanol–water partition coefficient (Wildman–Crippen LogP) is 6.95. The normalized spacial score (nSPS) is 18.9. The second-order valence-corrected chi connectivity index (χ2v) is 11.9. The van der Waals surface area contributed by atoms with Crippen molar-refractivity contribution in [2.45, 2.75) is 34.5 Å². The topological polar surface area (TPSA) is 18.5 Å². The molecule has 0 amide bonds. The SMILES string of the molecule is COC(c1ccccc1)(c1ccccc1)[C@H]1CC[C@H](C(OC)(c2ccccc2)c2ccccc2)[S+]1C. The second kappa shape index (κ2) is 10.6. The first-order valence-corrected chi connectivity index (χ1v) is 14.4. The minimum atomic E-state index is -0.526. The molecule has 1 aliphatic rings. The van der Waals surface area contributed by atoms with Gasteiger partial charge in [0.25, 0.3) is 0 Å². The lowest BCUT2D eigenvalue weighted by atomic mass is 9.79. The molecule has 4 aromatic carbocycles. The molecule has 0 N–H and O–H groups in total. The maximum atomic E-state index is 6.64. The zero-order valence-electron chi connectivity index (χ0n) is 21.3. The fourth-order valence-corrected chi connectivity index (χ4v) is 9.55. The number of rotatable bonds is 8. The van der Waals surface area contributed by atoms with Gasteiger partial charge in [0, 0.05) is 27.1 Å². The van der Waals surface area contributed by atoms with E-state index >= 15 is 0 Å². The molecule has 0 aliphatic carbocycles. The third kappa shape index (κ3) is 4.00. The first-order valence-electron chi connectivity index (χ1n) is 12.6. The third-order valence-corrected chi connectivity index (χ3v) is 10.9. The summed E-state index contributed by atoms with van der Waals surface area (Å²) in [5, 5.41) is 0.610. The van der Waals surface area contributed by atoms with Gasteiger partial charge in [-0.3, -0.25) is 0 Å². The van der Waals surface area contributed by atoms with Gasteiger partial charge in [-0.2, -0.15) is 0 Å². The van der Waals surface area contributed by atoms with Crippen molar-refractivity contribution in [1.82, 2.24) is 0 Å². The maximum absolute atomic E-state index is 6.64. The van der Waals surface area contributed by atoms with Crippen molar-refractivity contribution < 1.29 is 9.47 Å². The molecule has 2 nitrogen and oxygen atoms in total. The van der Waals surface area contributed by atoms with E-state index in [9.17, 15) is 0 Å². The van der Waals surface area contributed by atoms with Crippen molar-refractivity contribution in [1.29, 1.82) is 0 Å². The Hall–Kier alpha value is -2.85. The van der Waals surface area contributed by atoms with Crippen LogP contribution in [-0.4, -0.2) is 31.0 Å². The highest BCUT2D eigenvalue weighted by atomic mass is 32.2. The van der Waals surface area contributed by atoms with Crippen LogP contribution in [0.15, 0.2) is 121 Å². The Morgan fingerprint density at radius 3 is 0.972 bits per heavy atom. The second-order valence-electron chi connectivity index (χ2n) is 9.51. The van der Waals surface area contributed by atoms with Gasteiger partial charge in [-0.05, 0) is 33.1 Å². The minimum absolute atomic E-state index is 0.0390. The van der Waals surface area contributed by atoms with E-state index in [0.717, 1.165) is 12.8 Å². The molecule has 1 fully saturated rings. The summed E-state index contributed by atoms with van der Waals surface area (Å²) in [4.78, 5) is 0. The summed E-state index contributed by atoms with van der Waals surface area (Å²) < 4.78 is 13.3. The van der Waals surface area contributed by atoms with E-state index in [0.29, 0.717) is 10.5 Å². The van der Waals surface area contributed by atoms with Crippen LogP contribution in [0.5, 0.6) is 0 Å². The molecule has 0 aromatic heterocycles. The highest BCUT2D eigenvalue weighted by molar-refractivity contribution is 7.97. The Bertz CT molecular complexity index is 1050. The fourth-order valence-electron chi connectivity index (χ4n) is 6.36. The van der Waals surface area contributed by atoms with Gasteiger partial charge in [-0.25, -0.2) is 0 Å². The molecule has 0 spiro atoms. The van der Waals surface area contributed by atoms with E-state index in [1.165, 1.54) is 22.3 Å². The van der Waals surface area contributed by atoms with Crippen LogP contribution in [0, 0.1) is 0 Å². The summed E-state index contributed by atoms with van der Waals surface area (Å²) in [5.74, 6) is 0. The lowest BCUT2D eigenvalue weighted by molar-refractivity contribution is 0.0160. The molecular formula is C33H35O2S+. The molecule has 0 radical (unpaired) electrons. The summed E-state index contributed by atoms with van der Waals surface area (Å²) in [7, 11) is 3.72. The molecule has 0 bridgehead atoms. The van der Waals surface area contributed by atoms with Gasteiger partial charge in [0.1, 0.15) is 0 Å². The molecule has 1 heterocycles. The van der Waals surface area contributed by atoms with Gasteiger partial charge in [0.2, 0.25) is 0 Å². The summed E-state index contributed by atoms with van der Waals surface area (Å²) in [6.45, 7) is 0. The highest BCUT2D eigenvalue weighted by Crippen LogP contribution is 2.52. The molecule has 2 atom stereocenters. The number of ether oxygens (including phenoxy) is 2. The van der Waals surface area contributed by atoms with E-state index in [4.69, 9.17) is 9.47 Å². The molecule has 36 heavy (non-hydrogen) atoms. The molecule has 5 rings (SSSR count). The Balaban J connectivity index is 1.66. The zero-order valence-corrected chi connectivity index (χ0v) is 22.2. The van der Waals surface area contributed by atoms with Gasteiger partial charge < -0.3 is 9.47 Å². The largest absolute Gasteiger partial charge is 0.363 e. The average molecular weight is 496 g/mol. The third-order valence-electron chi connectivity index (χ3n) is 7.95. The smallest absolute Gasteiger partial charge is 0.165 e. The standard InChI is InChI=1S/C33H35O2S/c1-34-32(26-16-8-4-9-17-26,27-18-10-5-11-19-27)30-24-25-31(36(30)3)33(35-2,28-20-12-6-13-21-28)29-22-14-7-15-23-29/h4-23,30-31H,24-25H2,1-3H3/q+1/t30-,31-/m1/s1. The van der Waals surface area contributed by atoms with Gasteiger partial charge in [0.15, 0.2) is 21.7 Å². The Morgan fingerprint density at radius 1 is 0.500 bits per heavy atom. The van der Waals surface area contributed by atoms with Crippen LogP contribution >= 0.6 is 0 Å². The van der Waals surface area contributed by atoms with Crippen LogP contribution in [-0.2, 0) is 31.6 Å². The van der Waals surface area contributed by atoms with Crippen molar-refractivity contribution >= 4 is 10.9 Å². The number of benzene rings is 4. The number of hydrogen-bond acceptors (Lipinski definition) is 2. The van der Waals surface area contributed by atoms with Gasteiger partial charge in [-0.15, -0.1) is 0 Å². The monoisotopic (exact) mass is 495 g/mol. The van der Waals surface area contributed by atoms with Crippen LogP contribution < -0.4 is 0 Å². The van der Waals surface area contributed by atoms with Crippen LogP contribution in [0.4, 0.5) is 0 Å². The van der Waals surface area contributed by atoms with E-state index in [1.54, 1.807) is 0 Å². The van der Waals surface area contributed by atoms with E-state index in [-0.39, 0.29) is 10.9 Å². The van der Waals surface area contributed by atoms with Crippen LogP contribution in [0.3, 0.4) is 0 Å². The minimum Gasteiger partial charge on any atom is -0.363 e. The molecule has 1 saturated heterocycles. The molecular weight excluding hydrogens is 460 g/mol. The quantitative estimate of drug-likeness (QED) is 0.246. The Kier molecular flexibility index (Phi) is 7.34. The number of hydrogen-bond donors (Lipinski definition) is 0. The van der Waals surface area contributed by atoms with Crippen molar-refractivity contribution in [3.8, 4) is 0 Å². The molecule has 4 aromatic rings. The van der Waals surface area contributed by atoms with E-state index in [1.807, 2.05) is 14.2 Å². The molecule has 0 unspecified atom stereocenters. The lowest BCUT2D eigenvalue weighted by Gasteiger charge is -2.40. The fraction of sp³-hybridized carbons (Fsp3) is 0.273.